The van der Waals surface area contributed by atoms with E-state index < -0.39 is 0 Å². The van der Waals surface area contributed by atoms with Crippen LogP contribution in [-0.2, 0) is 0 Å². The van der Waals surface area contributed by atoms with Gasteiger partial charge in [0.25, 0.3) is 0 Å². The molecule has 0 saturated heterocycles. The zero-order valence-electron chi connectivity index (χ0n) is 19.8. The standard InChI is InChI=1S/C24H50/c1-18(15-20(2,3)4)19(23(11,12)16-21(5,6)7)24(13,14)17-22(8,9)10/h18-19H,15-17H2,1-14H3. The number of rotatable bonds is 6. The van der Waals surface area contributed by atoms with Crippen LogP contribution in [0.2, 0.25) is 0 Å². The molecule has 0 aromatic heterocycles. The highest BCUT2D eigenvalue weighted by molar-refractivity contribution is 4.96. The molecule has 0 rings (SSSR count). The molecule has 0 heterocycles. The topological polar surface area (TPSA) is 0 Å². The van der Waals surface area contributed by atoms with Crippen molar-refractivity contribution >= 4 is 0 Å². The first-order valence-electron chi connectivity index (χ1n) is 10.2. The van der Waals surface area contributed by atoms with Crippen LogP contribution in [0.3, 0.4) is 0 Å². The van der Waals surface area contributed by atoms with Crippen LogP contribution >= 0.6 is 0 Å². The van der Waals surface area contributed by atoms with Crippen LogP contribution in [0.5, 0.6) is 0 Å². The van der Waals surface area contributed by atoms with Crippen molar-refractivity contribution in [2.75, 3.05) is 0 Å². The van der Waals surface area contributed by atoms with Crippen LogP contribution in [0.4, 0.5) is 0 Å². The van der Waals surface area contributed by atoms with E-state index in [1.54, 1.807) is 0 Å². The van der Waals surface area contributed by atoms with Gasteiger partial charge in [-0.1, -0.05) is 96.9 Å². The average molecular weight is 339 g/mol. The van der Waals surface area contributed by atoms with Gasteiger partial charge in [-0.3, -0.25) is 0 Å². The van der Waals surface area contributed by atoms with Crippen molar-refractivity contribution in [3.8, 4) is 0 Å². The maximum atomic E-state index is 2.53. The fraction of sp³-hybridized carbons (Fsp3) is 1.00. The van der Waals surface area contributed by atoms with E-state index in [2.05, 4.69) is 96.9 Å². The van der Waals surface area contributed by atoms with Gasteiger partial charge in [-0.05, 0) is 58.2 Å². The summed E-state index contributed by atoms with van der Waals surface area (Å²) in [6.45, 7) is 34.2. The van der Waals surface area contributed by atoms with Crippen LogP contribution in [-0.4, -0.2) is 0 Å². The Bertz CT molecular complexity index is 348. The number of hydrogen-bond acceptors (Lipinski definition) is 0. The quantitative estimate of drug-likeness (QED) is 0.454. The Kier molecular flexibility index (Phi) is 7.32. The fourth-order valence-corrected chi connectivity index (χ4v) is 6.64. The van der Waals surface area contributed by atoms with Crippen molar-refractivity contribution in [1.29, 1.82) is 0 Å². The Morgan fingerprint density at radius 1 is 0.500 bits per heavy atom. The van der Waals surface area contributed by atoms with Gasteiger partial charge >= 0.3 is 0 Å². The maximum Gasteiger partial charge on any atom is -0.0285 e. The van der Waals surface area contributed by atoms with E-state index in [4.69, 9.17) is 0 Å². The molecule has 0 N–H and O–H groups in total. The number of hydrogen-bond donors (Lipinski definition) is 0. The van der Waals surface area contributed by atoms with Gasteiger partial charge < -0.3 is 0 Å². The van der Waals surface area contributed by atoms with Crippen molar-refractivity contribution in [3.63, 3.8) is 0 Å². The van der Waals surface area contributed by atoms with Crippen molar-refractivity contribution in [2.45, 2.75) is 116 Å². The highest BCUT2D eigenvalue weighted by Crippen LogP contribution is 2.55. The summed E-state index contributed by atoms with van der Waals surface area (Å²) in [5.74, 6) is 1.46. The van der Waals surface area contributed by atoms with Crippen molar-refractivity contribution in [3.05, 3.63) is 0 Å². The smallest absolute Gasteiger partial charge is 0.0285 e. The molecule has 146 valence electrons. The summed E-state index contributed by atoms with van der Waals surface area (Å²) in [6.07, 6.45) is 3.87. The lowest BCUT2D eigenvalue weighted by molar-refractivity contribution is -0.0318. The van der Waals surface area contributed by atoms with Gasteiger partial charge in [0, 0.05) is 0 Å². The molecule has 0 fully saturated rings. The molecule has 0 aromatic carbocycles. The summed E-state index contributed by atoms with van der Waals surface area (Å²) in [5.41, 5.74) is 1.84. The zero-order valence-corrected chi connectivity index (χ0v) is 19.8. The summed E-state index contributed by atoms with van der Waals surface area (Å²) < 4.78 is 0. The van der Waals surface area contributed by atoms with Gasteiger partial charge in [0.15, 0.2) is 0 Å². The first kappa shape index (κ1) is 24.0. The maximum absolute atomic E-state index is 2.53. The summed E-state index contributed by atoms with van der Waals surface area (Å²) in [7, 11) is 0. The minimum absolute atomic E-state index is 0.345. The largest absolute Gasteiger partial charge is 0.0622 e. The molecule has 0 aliphatic heterocycles. The second kappa shape index (κ2) is 7.32. The van der Waals surface area contributed by atoms with Crippen LogP contribution in [0.1, 0.15) is 116 Å². The van der Waals surface area contributed by atoms with E-state index in [0.717, 1.165) is 11.8 Å². The first-order chi connectivity index (χ1) is 10.2. The molecular formula is C24H50. The van der Waals surface area contributed by atoms with Crippen LogP contribution in [0.15, 0.2) is 0 Å². The predicted octanol–water partition coefficient (Wildman–Crippen LogP) is 8.60. The van der Waals surface area contributed by atoms with E-state index >= 15 is 0 Å². The SMILES string of the molecule is CC(CC(C)(C)C)C(C(C)(C)CC(C)(C)C)C(C)(C)CC(C)(C)C. The molecular weight excluding hydrogens is 288 g/mol. The lowest BCUT2D eigenvalue weighted by atomic mass is 9.53. The Hall–Kier alpha value is 0. The fourth-order valence-electron chi connectivity index (χ4n) is 6.64. The minimum Gasteiger partial charge on any atom is -0.0622 e. The van der Waals surface area contributed by atoms with Gasteiger partial charge in [0.2, 0.25) is 0 Å². The minimum atomic E-state index is 0.345. The van der Waals surface area contributed by atoms with Crippen molar-refractivity contribution in [1.82, 2.24) is 0 Å². The monoisotopic (exact) mass is 338 g/mol. The van der Waals surface area contributed by atoms with E-state index in [1.807, 2.05) is 0 Å². The molecule has 0 radical (unpaired) electrons. The van der Waals surface area contributed by atoms with Gasteiger partial charge in [-0.25, -0.2) is 0 Å². The Labute approximate surface area is 155 Å². The van der Waals surface area contributed by atoms with Crippen LogP contribution in [0, 0.1) is 38.9 Å². The average Bonchev–Trinajstić information content (AvgIpc) is 2.01. The molecule has 1 atom stereocenters. The van der Waals surface area contributed by atoms with Gasteiger partial charge in [-0.15, -0.1) is 0 Å². The summed E-state index contributed by atoms with van der Waals surface area (Å²) in [4.78, 5) is 0. The van der Waals surface area contributed by atoms with Gasteiger partial charge in [-0.2, -0.15) is 0 Å². The van der Waals surface area contributed by atoms with E-state index in [-0.39, 0.29) is 0 Å². The zero-order chi connectivity index (χ0) is 19.8. The van der Waals surface area contributed by atoms with E-state index in [9.17, 15) is 0 Å². The van der Waals surface area contributed by atoms with Crippen LogP contribution in [0.25, 0.3) is 0 Å². The second-order valence-corrected chi connectivity index (χ2v) is 13.7. The Morgan fingerprint density at radius 3 is 1.00 bits per heavy atom. The highest BCUT2D eigenvalue weighted by atomic mass is 14.5. The Balaban J connectivity index is 5.83. The van der Waals surface area contributed by atoms with Gasteiger partial charge in [0.1, 0.15) is 0 Å². The molecule has 0 aliphatic rings. The molecule has 0 bridgehead atoms. The second-order valence-electron chi connectivity index (χ2n) is 13.7. The third-order valence-electron chi connectivity index (χ3n) is 5.16. The molecule has 0 aliphatic carbocycles. The lowest BCUT2D eigenvalue weighted by Crippen LogP contribution is -2.44. The molecule has 0 aromatic rings. The lowest BCUT2D eigenvalue weighted by Gasteiger charge is -2.52. The van der Waals surface area contributed by atoms with Crippen molar-refractivity contribution in [2.24, 2.45) is 38.9 Å². The van der Waals surface area contributed by atoms with Gasteiger partial charge in [0.05, 0.1) is 0 Å². The molecule has 0 heteroatoms. The molecule has 24 heavy (non-hydrogen) atoms. The van der Waals surface area contributed by atoms with Crippen molar-refractivity contribution < 1.29 is 0 Å². The molecule has 0 saturated carbocycles. The predicted molar refractivity (Wildman–Crippen MR) is 112 cm³/mol. The Morgan fingerprint density at radius 2 is 0.792 bits per heavy atom. The normalized spacial score (nSPS) is 16.6. The third-order valence-corrected chi connectivity index (χ3v) is 5.16. The third kappa shape index (κ3) is 8.91. The van der Waals surface area contributed by atoms with E-state index in [0.29, 0.717) is 27.1 Å². The first-order valence-corrected chi connectivity index (χ1v) is 10.2. The summed E-state index contributed by atoms with van der Waals surface area (Å²) in [5, 5.41) is 0. The van der Waals surface area contributed by atoms with Crippen LogP contribution < -0.4 is 0 Å². The highest BCUT2D eigenvalue weighted by Gasteiger charge is 2.46. The summed E-state index contributed by atoms with van der Waals surface area (Å²) in [6, 6.07) is 0. The summed E-state index contributed by atoms with van der Waals surface area (Å²) >= 11 is 0. The molecule has 0 nitrogen and oxygen atoms in total. The molecule has 0 amide bonds. The molecule has 1 unspecified atom stereocenters. The molecule has 0 spiro atoms. The van der Waals surface area contributed by atoms with E-state index in [1.165, 1.54) is 19.3 Å².